The number of alkyl carbamates (subject to hydrolysis) is 1. The third kappa shape index (κ3) is 8.33. The lowest BCUT2D eigenvalue weighted by Crippen LogP contribution is -2.40. The number of ether oxygens (including phenoxy) is 1. The fraction of sp³-hybridized carbons (Fsp3) is 0.737. The molecule has 8 nitrogen and oxygen atoms in total. The van der Waals surface area contributed by atoms with Crippen LogP contribution < -0.4 is 20.9 Å². The zero-order chi connectivity index (χ0) is 20.4. The summed E-state index contributed by atoms with van der Waals surface area (Å²) in [7, 11) is 1.75. The molecule has 0 aliphatic carbocycles. The zero-order valence-corrected chi connectivity index (χ0v) is 18.3. The van der Waals surface area contributed by atoms with Gasteiger partial charge in [0.1, 0.15) is 5.60 Å². The first-order chi connectivity index (χ1) is 13.4. The zero-order valence-electron chi connectivity index (χ0n) is 17.5. The highest BCUT2D eigenvalue weighted by Crippen LogP contribution is 2.24. The second-order valence-corrected chi connectivity index (χ2v) is 8.61. The summed E-state index contributed by atoms with van der Waals surface area (Å²) in [6, 6.07) is 0. The van der Waals surface area contributed by atoms with Crippen LogP contribution in [0.25, 0.3) is 0 Å². The van der Waals surface area contributed by atoms with Crippen LogP contribution in [0.1, 0.15) is 45.7 Å². The molecule has 0 radical (unpaired) electrons. The molecule has 0 spiro atoms. The van der Waals surface area contributed by atoms with Gasteiger partial charge in [-0.3, -0.25) is 4.99 Å². The maximum absolute atomic E-state index is 11.6. The third-order valence-electron chi connectivity index (χ3n) is 4.13. The molecule has 1 aliphatic rings. The van der Waals surface area contributed by atoms with E-state index in [1.165, 1.54) is 12.8 Å². The Morgan fingerprint density at radius 1 is 1.21 bits per heavy atom. The van der Waals surface area contributed by atoms with Crippen molar-refractivity contribution in [2.24, 2.45) is 4.99 Å². The predicted molar refractivity (Wildman–Crippen MR) is 115 cm³/mol. The molecule has 2 rings (SSSR count). The van der Waals surface area contributed by atoms with E-state index in [4.69, 9.17) is 9.72 Å². The number of nitrogens with one attached hydrogen (secondary N) is 3. The van der Waals surface area contributed by atoms with E-state index in [1.54, 1.807) is 18.4 Å². The summed E-state index contributed by atoms with van der Waals surface area (Å²) >= 11 is 1.73. The van der Waals surface area contributed by atoms with E-state index in [-0.39, 0.29) is 6.09 Å². The van der Waals surface area contributed by atoms with Gasteiger partial charge in [0.05, 0.1) is 5.69 Å². The average molecular weight is 411 g/mol. The molecule has 1 aromatic heterocycles. The second kappa shape index (κ2) is 11.1. The van der Waals surface area contributed by atoms with E-state index in [1.807, 2.05) is 20.8 Å². The maximum Gasteiger partial charge on any atom is 0.407 e. The van der Waals surface area contributed by atoms with Crippen molar-refractivity contribution >= 4 is 28.5 Å². The lowest BCUT2D eigenvalue weighted by Gasteiger charge is -2.19. The van der Waals surface area contributed by atoms with Gasteiger partial charge in [0.15, 0.2) is 11.1 Å². The van der Waals surface area contributed by atoms with Crippen molar-refractivity contribution in [3.8, 4) is 0 Å². The molecule has 2 heterocycles. The molecule has 0 atom stereocenters. The van der Waals surface area contributed by atoms with Crippen molar-refractivity contribution in [3.63, 3.8) is 0 Å². The lowest BCUT2D eigenvalue weighted by atomic mass is 10.2. The Morgan fingerprint density at radius 2 is 1.89 bits per heavy atom. The van der Waals surface area contributed by atoms with Gasteiger partial charge in [-0.15, -0.1) is 11.3 Å². The number of aliphatic imine (C=N–C) groups is 1. The van der Waals surface area contributed by atoms with E-state index < -0.39 is 5.60 Å². The smallest absolute Gasteiger partial charge is 0.407 e. The molecule has 0 aromatic carbocycles. The van der Waals surface area contributed by atoms with E-state index in [0.29, 0.717) is 13.1 Å². The quantitative estimate of drug-likeness (QED) is 0.346. The Bertz CT molecular complexity index is 635. The van der Waals surface area contributed by atoms with Gasteiger partial charge >= 0.3 is 6.09 Å². The minimum absolute atomic E-state index is 0.383. The van der Waals surface area contributed by atoms with Crippen molar-refractivity contribution in [1.82, 2.24) is 20.9 Å². The molecule has 3 N–H and O–H groups in total. The third-order valence-corrected chi connectivity index (χ3v) is 5.08. The molecular weight excluding hydrogens is 376 g/mol. The summed E-state index contributed by atoms with van der Waals surface area (Å²) < 4.78 is 5.20. The van der Waals surface area contributed by atoms with Crippen molar-refractivity contribution in [1.29, 1.82) is 0 Å². The van der Waals surface area contributed by atoms with Crippen molar-refractivity contribution < 1.29 is 9.53 Å². The van der Waals surface area contributed by atoms with E-state index >= 15 is 0 Å². The topological polar surface area (TPSA) is 90.9 Å². The number of carbonyl (C=O) groups is 1. The van der Waals surface area contributed by atoms with Crippen LogP contribution in [0, 0.1) is 0 Å². The van der Waals surface area contributed by atoms with Crippen LogP contribution in [0.3, 0.4) is 0 Å². The maximum atomic E-state index is 11.6. The molecule has 0 saturated carbocycles. The fourth-order valence-electron chi connectivity index (χ4n) is 2.79. The summed E-state index contributed by atoms with van der Waals surface area (Å²) in [5.74, 6) is 0.757. The number of hydrogen-bond donors (Lipinski definition) is 3. The minimum atomic E-state index is -0.471. The first-order valence-electron chi connectivity index (χ1n) is 9.98. The van der Waals surface area contributed by atoms with Gasteiger partial charge in [-0.25, -0.2) is 9.78 Å². The van der Waals surface area contributed by atoms with E-state index in [9.17, 15) is 4.79 Å². The largest absolute Gasteiger partial charge is 0.444 e. The highest BCUT2D eigenvalue weighted by atomic mass is 32.1. The van der Waals surface area contributed by atoms with E-state index in [0.717, 1.165) is 49.3 Å². The summed E-state index contributed by atoms with van der Waals surface area (Å²) in [5.41, 5.74) is 0.650. The predicted octanol–water partition coefficient (Wildman–Crippen LogP) is 2.37. The van der Waals surface area contributed by atoms with E-state index in [2.05, 4.69) is 31.2 Å². The van der Waals surface area contributed by atoms with Gasteiger partial charge in [-0.05, 0) is 40.0 Å². The standard InChI is InChI=1S/C19H34N6O2S/c1-19(2,3)27-18(26)23-10-7-9-21-16(20-4)22-11-8-15-14-28-17(24-15)25-12-5-6-13-25/h14H,5-13H2,1-4H3,(H,23,26)(H2,20,21,22). The van der Waals surface area contributed by atoms with Gasteiger partial charge < -0.3 is 25.6 Å². The first kappa shape index (κ1) is 22.3. The highest BCUT2D eigenvalue weighted by Gasteiger charge is 2.16. The molecule has 0 bridgehead atoms. The lowest BCUT2D eigenvalue weighted by molar-refractivity contribution is 0.0527. The number of rotatable bonds is 8. The van der Waals surface area contributed by atoms with Gasteiger partial charge in [0, 0.05) is 51.6 Å². The number of anilines is 1. The molecule has 0 unspecified atom stereocenters. The Balaban J connectivity index is 1.57. The number of thiazole rings is 1. The number of carbonyl (C=O) groups excluding carboxylic acids is 1. The van der Waals surface area contributed by atoms with Gasteiger partial charge in [-0.2, -0.15) is 0 Å². The van der Waals surface area contributed by atoms with Crippen LogP contribution in [-0.2, 0) is 11.2 Å². The minimum Gasteiger partial charge on any atom is -0.444 e. The summed E-state index contributed by atoms with van der Waals surface area (Å²) in [6.07, 6.45) is 3.81. The second-order valence-electron chi connectivity index (χ2n) is 7.77. The highest BCUT2D eigenvalue weighted by molar-refractivity contribution is 7.13. The molecule has 1 aliphatic heterocycles. The van der Waals surface area contributed by atoms with Gasteiger partial charge in [-0.1, -0.05) is 0 Å². The molecule has 1 saturated heterocycles. The molecule has 28 heavy (non-hydrogen) atoms. The average Bonchev–Trinajstić information content (AvgIpc) is 3.29. The normalized spacial score (nSPS) is 14.9. The van der Waals surface area contributed by atoms with Crippen LogP contribution in [-0.4, -0.2) is 62.4 Å². The van der Waals surface area contributed by atoms with Crippen LogP contribution in [0.5, 0.6) is 0 Å². The van der Waals surface area contributed by atoms with Crippen LogP contribution >= 0.6 is 11.3 Å². The molecule has 158 valence electrons. The molecule has 9 heteroatoms. The monoisotopic (exact) mass is 410 g/mol. The van der Waals surface area contributed by atoms with Crippen LogP contribution in [0.15, 0.2) is 10.4 Å². The molecular formula is C19H34N6O2S. The van der Waals surface area contributed by atoms with Gasteiger partial charge in [0.2, 0.25) is 0 Å². The summed E-state index contributed by atoms with van der Waals surface area (Å²) in [5, 5.41) is 12.6. The van der Waals surface area contributed by atoms with Gasteiger partial charge in [0.25, 0.3) is 0 Å². The molecule has 1 amide bonds. The first-order valence-corrected chi connectivity index (χ1v) is 10.9. The number of amides is 1. The Hall–Kier alpha value is -2.03. The number of nitrogens with zero attached hydrogens (tertiary/aromatic N) is 3. The summed E-state index contributed by atoms with van der Waals surface area (Å²) in [6.45, 7) is 9.85. The van der Waals surface area contributed by atoms with Crippen LogP contribution in [0.4, 0.5) is 9.93 Å². The van der Waals surface area contributed by atoms with Crippen molar-refractivity contribution in [2.75, 3.05) is 44.7 Å². The van der Waals surface area contributed by atoms with Crippen molar-refractivity contribution in [2.45, 2.75) is 52.1 Å². The number of aromatic nitrogens is 1. The Kier molecular flexibility index (Phi) is 8.82. The Labute approximate surface area is 172 Å². The molecule has 1 fully saturated rings. The number of guanidine groups is 1. The SMILES string of the molecule is CN=C(NCCCNC(=O)OC(C)(C)C)NCCc1csc(N2CCCC2)n1. The van der Waals surface area contributed by atoms with Crippen LogP contribution in [0.2, 0.25) is 0 Å². The fourth-order valence-corrected chi connectivity index (χ4v) is 3.71. The summed E-state index contributed by atoms with van der Waals surface area (Å²) in [4.78, 5) is 22.9. The number of hydrogen-bond acceptors (Lipinski definition) is 6. The van der Waals surface area contributed by atoms with Crippen molar-refractivity contribution in [3.05, 3.63) is 11.1 Å². The molecule has 1 aromatic rings. The Morgan fingerprint density at radius 3 is 2.57 bits per heavy atom.